The Hall–Kier alpha value is -1.60. The minimum absolute atomic E-state index is 0.146. The number of benzene rings is 1. The van der Waals surface area contributed by atoms with E-state index in [-0.39, 0.29) is 5.75 Å². The molecule has 2 rings (SSSR count). The molecule has 112 valence electrons. The molecule has 0 atom stereocenters. The average Bonchev–Trinajstić information content (AvgIpc) is 2.87. The van der Waals surface area contributed by atoms with E-state index in [9.17, 15) is 8.42 Å². The Morgan fingerprint density at radius 3 is 2.62 bits per heavy atom. The van der Waals surface area contributed by atoms with Crippen molar-refractivity contribution in [2.24, 2.45) is 0 Å². The zero-order valence-corrected chi connectivity index (χ0v) is 13.4. The van der Waals surface area contributed by atoms with Crippen LogP contribution in [-0.4, -0.2) is 28.9 Å². The summed E-state index contributed by atoms with van der Waals surface area (Å²) in [5, 5.41) is 8.81. The highest BCUT2D eigenvalue weighted by molar-refractivity contribution is 7.99. The van der Waals surface area contributed by atoms with Crippen molar-refractivity contribution in [1.29, 1.82) is 0 Å². The van der Waals surface area contributed by atoms with E-state index in [1.807, 2.05) is 11.5 Å². The zero-order chi connectivity index (χ0) is 15.3. The lowest BCUT2D eigenvalue weighted by molar-refractivity contribution is 0.588. The lowest BCUT2D eigenvalue weighted by atomic mass is 10.4. The van der Waals surface area contributed by atoms with Gasteiger partial charge >= 0.3 is 0 Å². The maximum atomic E-state index is 12.4. The van der Waals surface area contributed by atoms with Crippen LogP contribution < -0.4 is 0 Å². The molecule has 0 fully saturated rings. The van der Waals surface area contributed by atoms with Gasteiger partial charge in [-0.2, -0.15) is 0 Å². The first-order valence-electron chi connectivity index (χ1n) is 6.52. The lowest BCUT2D eigenvalue weighted by Crippen LogP contribution is -2.11. The molecule has 0 amide bonds. The van der Waals surface area contributed by atoms with Crippen molar-refractivity contribution in [3.05, 3.63) is 48.8 Å². The first kappa shape index (κ1) is 15.8. The second-order valence-electron chi connectivity index (χ2n) is 4.31. The van der Waals surface area contributed by atoms with Crippen molar-refractivity contribution >= 4 is 21.6 Å². The number of hydrogen-bond acceptors (Lipinski definition) is 5. The Morgan fingerprint density at radius 2 is 2.00 bits per heavy atom. The van der Waals surface area contributed by atoms with E-state index >= 15 is 0 Å². The molecule has 0 aliphatic rings. The van der Waals surface area contributed by atoms with Crippen LogP contribution >= 0.6 is 11.8 Å². The second kappa shape index (κ2) is 6.91. The first-order valence-corrected chi connectivity index (χ1v) is 9.16. The molecule has 5 nitrogen and oxygen atoms in total. The molecule has 1 aromatic carbocycles. The third-order valence-electron chi connectivity index (χ3n) is 2.86. The van der Waals surface area contributed by atoms with Gasteiger partial charge in [0.05, 0.1) is 4.90 Å². The summed E-state index contributed by atoms with van der Waals surface area (Å²) in [4.78, 5) is 0.302. The average molecular weight is 323 g/mol. The number of aromatic nitrogens is 3. The molecule has 0 aliphatic carbocycles. The van der Waals surface area contributed by atoms with Crippen LogP contribution in [0.1, 0.15) is 12.7 Å². The fraction of sp³-hybridized carbons (Fsp3) is 0.286. The molecule has 0 bridgehead atoms. The maximum Gasteiger partial charge on any atom is 0.191 e. The van der Waals surface area contributed by atoms with Crippen molar-refractivity contribution in [2.75, 3.05) is 5.75 Å². The second-order valence-corrected chi connectivity index (χ2v) is 7.29. The molecule has 0 spiro atoms. The van der Waals surface area contributed by atoms with Crippen molar-refractivity contribution in [2.45, 2.75) is 29.3 Å². The molecule has 0 saturated heterocycles. The van der Waals surface area contributed by atoms with E-state index in [0.29, 0.717) is 23.0 Å². The molecule has 21 heavy (non-hydrogen) atoms. The standard InChI is InChI=1S/C14H17N3O2S2/c1-3-10-20-14-16-15-13(17(14)4-2)11-21(18,19)12-8-6-5-7-9-12/h3,5-9H,1,4,10-11H2,2H3. The molecule has 0 aliphatic heterocycles. The number of thioether (sulfide) groups is 1. The highest BCUT2D eigenvalue weighted by atomic mass is 32.2. The van der Waals surface area contributed by atoms with Crippen LogP contribution in [0.2, 0.25) is 0 Å². The Morgan fingerprint density at radius 1 is 1.29 bits per heavy atom. The molecule has 1 heterocycles. The quantitative estimate of drug-likeness (QED) is 0.579. The van der Waals surface area contributed by atoms with Crippen LogP contribution in [-0.2, 0) is 22.1 Å². The van der Waals surface area contributed by atoms with Gasteiger partial charge in [-0.3, -0.25) is 0 Å². The van der Waals surface area contributed by atoms with Crippen LogP contribution in [0.25, 0.3) is 0 Å². The molecule has 1 aromatic heterocycles. The summed E-state index contributed by atoms with van der Waals surface area (Å²) < 4.78 is 26.6. The molecular weight excluding hydrogens is 306 g/mol. The summed E-state index contributed by atoms with van der Waals surface area (Å²) >= 11 is 1.49. The normalized spacial score (nSPS) is 11.5. The van der Waals surface area contributed by atoms with Gasteiger partial charge in [0.1, 0.15) is 11.6 Å². The molecule has 0 radical (unpaired) electrons. The highest BCUT2D eigenvalue weighted by Gasteiger charge is 2.20. The van der Waals surface area contributed by atoms with Gasteiger partial charge in [-0.05, 0) is 19.1 Å². The topological polar surface area (TPSA) is 64.8 Å². The zero-order valence-electron chi connectivity index (χ0n) is 11.8. The summed E-state index contributed by atoms with van der Waals surface area (Å²) in [6.45, 7) is 6.24. The molecule has 2 aromatic rings. The Labute approximate surface area is 129 Å². The predicted molar refractivity (Wildman–Crippen MR) is 83.9 cm³/mol. The highest BCUT2D eigenvalue weighted by Crippen LogP contribution is 2.20. The van der Waals surface area contributed by atoms with Gasteiger partial charge in [-0.1, -0.05) is 36.0 Å². The smallest absolute Gasteiger partial charge is 0.191 e. The third kappa shape index (κ3) is 3.74. The number of rotatable bonds is 7. The van der Waals surface area contributed by atoms with Gasteiger partial charge in [-0.25, -0.2) is 8.42 Å². The fourth-order valence-corrected chi connectivity index (χ4v) is 3.91. The van der Waals surface area contributed by atoms with Gasteiger partial charge in [0.2, 0.25) is 0 Å². The monoisotopic (exact) mass is 323 g/mol. The Balaban J connectivity index is 2.27. The van der Waals surface area contributed by atoms with Gasteiger partial charge in [-0.15, -0.1) is 16.8 Å². The Bertz CT molecular complexity index is 709. The van der Waals surface area contributed by atoms with Crippen LogP contribution in [0.3, 0.4) is 0 Å². The van der Waals surface area contributed by atoms with Gasteiger partial charge < -0.3 is 4.57 Å². The van der Waals surface area contributed by atoms with Crippen molar-refractivity contribution < 1.29 is 8.42 Å². The van der Waals surface area contributed by atoms with E-state index in [4.69, 9.17) is 0 Å². The number of sulfone groups is 1. The van der Waals surface area contributed by atoms with Gasteiger partial charge in [0.15, 0.2) is 15.0 Å². The number of hydrogen-bond donors (Lipinski definition) is 0. The van der Waals surface area contributed by atoms with E-state index in [1.54, 1.807) is 36.4 Å². The maximum absolute atomic E-state index is 12.4. The largest absolute Gasteiger partial charge is 0.305 e. The van der Waals surface area contributed by atoms with Gasteiger partial charge in [0, 0.05) is 12.3 Å². The fourth-order valence-electron chi connectivity index (χ4n) is 1.86. The first-order chi connectivity index (χ1) is 10.1. The lowest BCUT2D eigenvalue weighted by Gasteiger charge is -2.07. The van der Waals surface area contributed by atoms with Crippen LogP contribution in [0.5, 0.6) is 0 Å². The summed E-state index contributed by atoms with van der Waals surface area (Å²) in [6.07, 6.45) is 1.78. The van der Waals surface area contributed by atoms with Crippen LogP contribution in [0.4, 0.5) is 0 Å². The third-order valence-corrected chi connectivity index (χ3v) is 5.45. The van der Waals surface area contributed by atoms with Crippen molar-refractivity contribution in [3.8, 4) is 0 Å². The summed E-state index contributed by atoms with van der Waals surface area (Å²) in [7, 11) is -3.41. The molecule has 0 N–H and O–H groups in total. The van der Waals surface area contributed by atoms with Crippen LogP contribution in [0.15, 0.2) is 53.0 Å². The number of nitrogens with zero attached hydrogens (tertiary/aromatic N) is 3. The molecule has 0 unspecified atom stereocenters. The van der Waals surface area contributed by atoms with Crippen LogP contribution in [0, 0.1) is 0 Å². The minimum Gasteiger partial charge on any atom is -0.305 e. The van der Waals surface area contributed by atoms with Crippen molar-refractivity contribution in [3.63, 3.8) is 0 Å². The van der Waals surface area contributed by atoms with E-state index in [1.165, 1.54) is 11.8 Å². The summed E-state index contributed by atoms with van der Waals surface area (Å²) in [5.74, 6) is 1.03. The predicted octanol–water partition coefficient (Wildman–Crippen LogP) is 2.55. The SMILES string of the molecule is C=CCSc1nnc(CS(=O)(=O)c2ccccc2)n1CC. The van der Waals surface area contributed by atoms with E-state index in [0.717, 1.165) is 5.16 Å². The summed E-state index contributed by atoms with van der Waals surface area (Å²) in [5.41, 5.74) is 0. The summed E-state index contributed by atoms with van der Waals surface area (Å²) in [6, 6.07) is 8.40. The minimum atomic E-state index is -3.41. The van der Waals surface area contributed by atoms with Gasteiger partial charge in [0.25, 0.3) is 0 Å². The Kier molecular flexibility index (Phi) is 5.19. The molecule has 7 heteroatoms. The van der Waals surface area contributed by atoms with E-state index < -0.39 is 9.84 Å². The molecular formula is C14H17N3O2S2. The van der Waals surface area contributed by atoms with E-state index in [2.05, 4.69) is 16.8 Å². The molecule has 0 saturated carbocycles. The van der Waals surface area contributed by atoms with Crippen molar-refractivity contribution in [1.82, 2.24) is 14.8 Å².